The standard InChI is InChI=1S/C21H22N2S/c1-2-4-18(5-3-1)19-8-6-17(7-9-19)16-23-13-10-20(11-14-23)21-22-12-15-24-21/h1-9,12,15,20H,10-11,13-14,16H2. The number of hydrogen-bond acceptors (Lipinski definition) is 3. The Balaban J connectivity index is 1.35. The first-order valence-corrected chi connectivity index (χ1v) is 9.52. The number of rotatable bonds is 4. The zero-order valence-corrected chi connectivity index (χ0v) is 14.6. The van der Waals surface area contributed by atoms with Gasteiger partial charge in [0.2, 0.25) is 0 Å². The lowest BCUT2D eigenvalue weighted by molar-refractivity contribution is 0.204. The molecule has 0 spiro atoms. The molecule has 2 nitrogen and oxygen atoms in total. The first kappa shape index (κ1) is 15.6. The zero-order valence-electron chi connectivity index (χ0n) is 13.8. The van der Waals surface area contributed by atoms with E-state index in [4.69, 9.17) is 0 Å². The van der Waals surface area contributed by atoms with Crippen molar-refractivity contribution in [3.63, 3.8) is 0 Å². The van der Waals surface area contributed by atoms with Crippen molar-refractivity contribution in [2.75, 3.05) is 13.1 Å². The van der Waals surface area contributed by atoms with Gasteiger partial charge in [0.1, 0.15) is 0 Å². The lowest BCUT2D eigenvalue weighted by atomic mass is 9.97. The Kier molecular flexibility index (Phi) is 4.72. The zero-order chi connectivity index (χ0) is 16.2. The van der Waals surface area contributed by atoms with Crippen LogP contribution in [0.2, 0.25) is 0 Å². The van der Waals surface area contributed by atoms with Crippen molar-refractivity contribution in [2.45, 2.75) is 25.3 Å². The Morgan fingerprint density at radius 1 is 0.917 bits per heavy atom. The number of thiazole rings is 1. The van der Waals surface area contributed by atoms with Crippen LogP contribution >= 0.6 is 11.3 Å². The molecule has 1 saturated heterocycles. The molecule has 0 unspecified atom stereocenters. The number of hydrogen-bond donors (Lipinski definition) is 0. The summed E-state index contributed by atoms with van der Waals surface area (Å²) in [6.07, 6.45) is 4.39. The van der Waals surface area contributed by atoms with Gasteiger partial charge < -0.3 is 0 Å². The van der Waals surface area contributed by atoms with E-state index in [0.717, 1.165) is 6.54 Å². The number of aromatic nitrogens is 1. The predicted octanol–water partition coefficient (Wildman–Crippen LogP) is 5.19. The first-order chi connectivity index (χ1) is 11.9. The number of piperidine rings is 1. The number of benzene rings is 2. The summed E-state index contributed by atoms with van der Waals surface area (Å²) < 4.78 is 0. The quantitative estimate of drug-likeness (QED) is 0.653. The fourth-order valence-electron chi connectivity index (χ4n) is 3.47. The third-order valence-electron chi connectivity index (χ3n) is 4.86. The molecule has 1 aliphatic rings. The van der Waals surface area contributed by atoms with Gasteiger partial charge in [0, 0.05) is 24.0 Å². The highest BCUT2D eigenvalue weighted by atomic mass is 32.1. The van der Waals surface area contributed by atoms with Gasteiger partial charge in [-0.25, -0.2) is 4.98 Å². The van der Waals surface area contributed by atoms with Crippen molar-refractivity contribution in [3.05, 3.63) is 76.7 Å². The summed E-state index contributed by atoms with van der Waals surface area (Å²) in [5.41, 5.74) is 3.98. The molecule has 4 rings (SSSR count). The fraction of sp³-hybridized carbons (Fsp3) is 0.286. The topological polar surface area (TPSA) is 16.1 Å². The van der Waals surface area contributed by atoms with E-state index < -0.39 is 0 Å². The molecule has 24 heavy (non-hydrogen) atoms. The SMILES string of the molecule is c1ccc(-c2ccc(CN3CCC(c4nccs4)CC3)cc2)cc1. The summed E-state index contributed by atoms with van der Waals surface area (Å²) in [6.45, 7) is 3.40. The summed E-state index contributed by atoms with van der Waals surface area (Å²) in [6, 6.07) is 19.6. The van der Waals surface area contributed by atoms with Crippen LogP contribution in [0.15, 0.2) is 66.2 Å². The third kappa shape index (κ3) is 3.58. The molecule has 1 aromatic heterocycles. The maximum absolute atomic E-state index is 4.49. The second kappa shape index (κ2) is 7.29. The number of likely N-dealkylation sites (tertiary alicyclic amines) is 1. The molecule has 0 radical (unpaired) electrons. The van der Waals surface area contributed by atoms with E-state index in [-0.39, 0.29) is 0 Å². The van der Waals surface area contributed by atoms with Crippen molar-refractivity contribution >= 4 is 11.3 Å². The highest BCUT2D eigenvalue weighted by Crippen LogP contribution is 2.30. The second-order valence-electron chi connectivity index (χ2n) is 6.48. The summed E-state index contributed by atoms with van der Waals surface area (Å²) >= 11 is 1.80. The Morgan fingerprint density at radius 2 is 1.62 bits per heavy atom. The van der Waals surface area contributed by atoms with E-state index >= 15 is 0 Å². The molecule has 2 heterocycles. The highest BCUT2D eigenvalue weighted by molar-refractivity contribution is 7.09. The highest BCUT2D eigenvalue weighted by Gasteiger charge is 2.22. The smallest absolute Gasteiger partial charge is 0.0956 e. The van der Waals surface area contributed by atoms with Gasteiger partial charge in [0.25, 0.3) is 0 Å². The molecular formula is C21H22N2S. The molecule has 1 fully saturated rings. The van der Waals surface area contributed by atoms with E-state index in [2.05, 4.69) is 69.9 Å². The Hall–Kier alpha value is -1.97. The van der Waals surface area contributed by atoms with E-state index in [1.165, 1.54) is 47.6 Å². The molecule has 3 aromatic rings. The van der Waals surface area contributed by atoms with Gasteiger partial charge in [-0.15, -0.1) is 11.3 Å². The minimum absolute atomic E-state index is 0.668. The van der Waals surface area contributed by atoms with Crippen molar-refractivity contribution < 1.29 is 0 Å². The van der Waals surface area contributed by atoms with Gasteiger partial charge in [-0.3, -0.25) is 4.90 Å². The average molecular weight is 334 g/mol. The first-order valence-electron chi connectivity index (χ1n) is 8.64. The van der Waals surface area contributed by atoms with Gasteiger partial charge in [-0.2, -0.15) is 0 Å². The maximum Gasteiger partial charge on any atom is 0.0956 e. The summed E-state index contributed by atoms with van der Waals surface area (Å²) in [5, 5.41) is 3.41. The molecule has 1 aliphatic heterocycles. The number of nitrogens with zero attached hydrogens (tertiary/aromatic N) is 2. The van der Waals surface area contributed by atoms with E-state index in [0.29, 0.717) is 5.92 Å². The molecule has 0 amide bonds. The minimum atomic E-state index is 0.668. The van der Waals surface area contributed by atoms with Crippen LogP contribution in [0.4, 0.5) is 0 Å². The predicted molar refractivity (Wildman–Crippen MR) is 101 cm³/mol. The molecule has 3 heteroatoms. The van der Waals surface area contributed by atoms with Crippen molar-refractivity contribution in [3.8, 4) is 11.1 Å². The minimum Gasteiger partial charge on any atom is -0.299 e. The Morgan fingerprint density at radius 3 is 2.29 bits per heavy atom. The van der Waals surface area contributed by atoms with Gasteiger partial charge >= 0.3 is 0 Å². The van der Waals surface area contributed by atoms with Crippen LogP contribution in [0.1, 0.15) is 29.3 Å². The molecule has 0 aliphatic carbocycles. The largest absolute Gasteiger partial charge is 0.299 e. The van der Waals surface area contributed by atoms with Crippen LogP contribution in [0.25, 0.3) is 11.1 Å². The molecule has 0 bridgehead atoms. The summed E-state index contributed by atoms with van der Waals surface area (Å²) in [7, 11) is 0. The van der Waals surface area contributed by atoms with Crippen LogP contribution in [-0.4, -0.2) is 23.0 Å². The van der Waals surface area contributed by atoms with Crippen LogP contribution < -0.4 is 0 Å². The van der Waals surface area contributed by atoms with Crippen LogP contribution in [0.5, 0.6) is 0 Å². The second-order valence-corrected chi connectivity index (χ2v) is 7.41. The molecule has 0 saturated carbocycles. The maximum atomic E-state index is 4.49. The summed E-state index contributed by atoms with van der Waals surface area (Å²) in [5.74, 6) is 0.668. The van der Waals surface area contributed by atoms with E-state index in [9.17, 15) is 0 Å². The molecule has 2 aromatic carbocycles. The monoisotopic (exact) mass is 334 g/mol. The van der Waals surface area contributed by atoms with Crippen LogP contribution in [0, 0.1) is 0 Å². The van der Waals surface area contributed by atoms with E-state index in [1.807, 2.05) is 6.20 Å². The third-order valence-corrected chi connectivity index (χ3v) is 5.79. The van der Waals surface area contributed by atoms with E-state index in [1.54, 1.807) is 11.3 Å². The molecule has 122 valence electrons. The Labute approximate surface area is 147 Å². The lowest BCUT2D eigenvalue weighted by Gasteiger charge is -2.31. The molecule has 0 atom stereocenters. The fourth-order valence-corrected chi connectivity index (χ4v) is 4.28. The Bertz CT molecular complexity index is 742. The van der Waals surface area contributed by atoms with Crippen molar-refractivity contribution in [2.24, 2.45) is 0 Å². The van der Waals surface area contributed by atoms with Gasteiger partial charge in [0.15, 0.2) is 0 Å². The summed E-state index contributed by atoms with van der Waals surface area (Å²) in [4.78, 5) is 7.06. The normalized spacial score (nSPS) is 16.3. The molecular weight excluding hydrogens is 312 g/mol. The molecule has 0 N–H and O–H groups in total. The average Bonchev–Trinajstić information content (AvgIpc) is 3.18. The van der Waals surface area contributed by atoms with Crippen LogP contribution in [0.3, 0.4) is 0 Å². The van der Waals surface area contributed by atoms with Gasteiger partial charge in [-0.1, -0.05) is 54.6 Å². The lowest BCUT2D eigenvalue weighted by Crippen LogP contribution is -2.32. The van der Waals surface area contributed by atoms with Gasteiger partial charge in [0.05, 0.1) is 5.01 Å². The van der Waals surface area contributed by atoms with Crippen molar-refractivity contribution in [1.82, 2.24) is 9.88 Å². The van der Waals surface area contributed by atoms with Gasteiger partial charge in [-0.05, 0) is 42.6 Å². The van der Waals surface area contributed by atoms with Crippen LogP contribution in [-0.2, 0) is 6.54 Å². The van der Waals surface area contributed by atoms with Crippen molar-refractivity contribution in [1.29, 1.82) is 0 Å².